The summed E-state index contributed by atoms with van der Waals surface area (Å²) in [5, 5.41) is 0. The molecule has 0 unspecified atom stereocenters. The monoisotopic (exact) mass is 152 g/mol. The molecular formula is C9H16N2. The standard InChI is InChI=1S/C9H16N2/c1-5-9-8(4)10-6-11(9)7(2)3/h6-7H,5H2,1-4H3. The molecule has 1 aromatic heterocycles. The van der Waals surface area contributed by atoms with Crippen LogP contribution < -0.4 is 0 Å². The van der Waals surface area contributed by atoms with Crippen molar-refractivity contribution >= 4 is 0 Å². The van der Waals surface area contributed by atoms with E-state index in [2.05, 4.69) is 37.2 Å². The minimum Gasteiger partial charge on any atom is -0.332 e. The Morgan fingerprint density at radius 3 is 2.55 bits per heavy atom. The van der Waals surface area contributed by atoms with Crippen LogP contribution in [0.3, 0.4) is 0 Å². The molecule has 0 saturated carbocycles. The van der Waals surface area contributed by atoms with Crippen molar-refractivity contribution < 1.29 is 0 Å². The van der Waals surface area contributed by atoms with E-state index < -0.39 is 0 Å². The fourth-order valence-electron chi connectivity index (χ4n) is 1.36. The molecule has 0 bridgehead atoms. The Labute approximate surface area is 68.3 Å². The molecule has 62 valence electrons. The summed E-state index contributed by atoms with van der Waals surface area (Å²) in [6, 6.07) is 0.533. The van der Waals surface area contributed by atoms with Gasteiger partial charge in [0.25, 0.3) is 0 Å². The van der Waals surface area contributed by atoms with Gasteiger partial charge in [0.15, 0.2) is 0 Å². The third kappa shape index (κ3) is 1.44. The van der Waals surface area contributed by atoms with Crippen molar-refractivity contribution in [3.05, 3.63) is 17.7 Å². The third-order valence-corrected chi connectivity index (χ3v) is 2.00. The Bertz CT molecular complexity index is 236. The highest BCUT2D eigenvalue weighted by atomic mass is 15.1. The second kappa shape index (κ2) is 3.07. The van der Waals surface area contributed by atoms with Crippen LogP contribution in [0.25, 0.3) is 0 Å². The molecule has 0 aliphatic rings. The van der Waals surface area contributed by atoms with E-state index in [0.717, 1.165) is 6.42 Å². The molecule has 2 nitrogen and oxygen atoms in total. The number of hydrogen-bond donors (Lipinski definition) is 0. The fraction of sp³-hybridized carbons (Fsp3) is 0.667. The lowest BCUT2D eigenvalue weighted by Crippen LogP contribution is -2.03. The summed E-state index contributed by atoms with van der Waals surface area (Å²) in [6.07, 6.45) is 3.00. The van der Waals surface area contributed by atoms with Crippen molar-refractivity contribution in [3.63, 3.8) is 0 Å². The normalized spacial score (nSPS) is 11.0. The molecule has 0 radical (unpaired) electrons. The van der Waals surface area contributed by atoms with E-state index in [-0.39, 0.29) is 0 Å². The molecule has 0 aliphatic heterocycles. The van der Waals surface area contributed by atoms with Crippen LogP contribution in [0.5, 0.6) is 0 Å². The zero-order valence-electron chi connectivity index (χ0n) is 7.76. The molecule has 0 amide bonds. The smallest absolute Gasteiger partial charge is 0.0953 e. The SMILES string of the molecule is CCc1c(C)ncn1C(C)C. The highest BCUT2D eigenvalue weighted by Crippen LogP contribution is 2.12. The van der Waals surface area contributed by atoms with Crippen molar-refractivity contribution in [2.24, 2.45) is 0 Å². The molecule has 0 aromatic carbocycles. The van der Waals surface area contributed by atoms with E-state index in [1.54, 1.807) is 0 Å². The summed E-state index contributed by atoms with van der Waals surface area (Å²) in [4.78, 5) is 4.27. The molecule has 1 aromatic rings. The third-order valence-electron chi connectivity index (χ3n) is 2.00. The van der Waals surface area contributed by atoms with Crippen molar-refractivity contribution in [3.8, 4) is 0 Å². The maximum Gasteiger partial charge on any atom is 0.0953 e. The molecule has 0 spiro atoms. The lowest BCUT2D eigenvalue weighted by molar-refractivity contribution is 0.575. The van der Waals surface area contributed by atoms with Crippen LogP contribution >= 0.6 is 0 Å². The minimum absolute atomic E-state index is 0.533. The summed E-state index contributed by atoms with van der Waals surface area (Å²) in [6.45, 7) is 8.60. The predicted octanol–water partition coefficient (Wildman–Crippen LogP) is 2.33. The van der Waals surface area contributed by atoms with Crippen LogP contribution in [-0.4, -0.2) is 9.55 Å². The molecular weight excluding hydrogens is 136 g/mol. The van der Waals surface area contributed by atoms with Crippen LogP contribution in [0.1, 0.15) is 38.2 Å². The lowest BCUT2D eigenvalue weighted by atomic mass is 10.2. The van der Waals surface area contributed by atoms with Crippen LogP contribution in [0.2, 0.25) is 0 Å². The summed E-state index contributed by atoms with van der Waals surface area (Å²) in [5.74, 6) is 0. The Kier molecular flexibility index (Phi) is 2.32. The van der Waals surface area contributed by atoms with E-state index in [4.69, 9.17) is 0 Å². The van der Waals surface area contributed by atoms with Crippen molar-refractivity contribution in [2.75, 3.05) is 0 Å². The first-order valence-corrected chi connectivity index (χ1v) is 4.19. The number of aryl methyl sites for hydroxylation is 1. The van der Waals surface area contributed by atoms with E-state index in [0.29, 0.717) is 6.04 Å². The molecule has 11 heavy (non-hydrogen) atoms. The van der Waals surface area contributed by atoms with Gasteiger partial charge in [-0.2, -0.15) is 0 Å². The van der Waals surface area contributed by atoms with E-state index in [1.165, 1.54) is 11.4 Å². The predicted molar refractivity (Wildman–Crippen MR) is 46.7 cm³/mol. The number of aromatic nitrogens is 2. The topological polar surface area (TPSA) is 17.8 Å². The van der Waals surface area contributed by atoms with E-state index in [9.17, 15) is 0 Å². The fourth-order valence-corrected chi connectivity index (χ4v) is 1.36. The maximum atomic E-state index is 4.27. The van der Waals surface area contributed by atoms with Crippen LogP contribution in [-0.2, 0) is 6.42 Å². The largest absolute Gasteiger partial charge is 0.332 e. The van der Waals surface area contributed by atoms with Gasteiger partial charge in [-0.3, -0.25) is 0 Å². The van der Waals surface area contributed by atoms with Gasteiger partial charge in [-0.25, -0.2) is 4.98 Å². The van der Waals surface area contributed by atoms with Crippen LogP contribution in [0.15, 0.2) is 6.33 Å². The van der Waals surface area contributed by atoms with Crippen LogP contribution in [0.4, 0.5) is 0 Å². The number of rotatable bonds is 2. The molecule has 0 fully saturated rings. The average Bonchev–Trinajstić information content (AvgIpc) is 2.30. The summed E-state index contributed by atoms with van der Waals surface area (Å²) < 4.78 is 2.23. The average molecular weight is 152 g/mol. The number of hydrogen-bond acceptors (Lipinski definition) is 1. The molecule has 0 N–H and O–H groups in total. The Balaban J connectivity index is 3.05. The van der Waals surface area contributed by atoms with Gasteiger partial charge in [0.05, 0.1) is 12.0 Å². The van der Waals surface area contributed by atoms with Crippen molar-refractivity contribution in [1.82, 2.24) is 9.55 Å². The molecule has 0 aliphatic carbocycles. The minimum atomic E-state index is 0.533. The first kappa shape index (κ1) is 8.31. The van der Waals surface area contributed by atoms with Gasteiger partial charge in [0.1, 0.15) is 0 Å². The first-order chi connectivity index (χ1) is 5.16. The number of nitrogens with zero attached hydrogens (tertiary/aromatic N) is 2. The highest BCUT2D eigenvalue weighted by Gasteiger charge is 2.06. The van der Waals surface area contributed by atoms with Gasteiger partial charge >= 0.3 is 0 Å². The molecule has 1 rings (SSSR count). The Hall–Kier alpha value is -0.790. The summed E-state index contributed by atoms with van der Waals surface area (Å²) >= 11 is 0. The zero-order chi connectivity index (χ0) is 8.43. The lowest BCUT2D eigenvalue weighted by Gasteiger charge is -2.10. The summed E-state index contributed by atoms with van der Waals surface area (Å²) in [7, 11) is 0. The first-order valence-electron chi connectivity index (χ1n) is 4.19. The molecule has 0 atom stereocenters. The quantitative estimate of drug-likeness (QED) is 0.636. The van der Waals surface area contributed by atoms with Gasteiger partial charge in [-0.05, 0) is 27.2 Å². The van der Waals surface area contributed by atoms with E-state index >= 15 is 0 Å². The Morgan fingerprint density at radius 2 is 2.18 bits per heavy atom. The zero-order valence-corrected chi connectivity index (χ0v) is 7.76. The van der Waals surface area contributed by atoms with Crippen LogP contribution in [0, 0.1) is 6.92 Å². The molecule has 1 heterocycles. The second-order valence-electron chi connectivity index (χ2n) is 3.13. The molecule has 2 heteroatoms. The summed E-state index contributed by atoms with van der Waals surface area (Å²) in [5.41, 5.74) is 2.53. The van der Waals surface area contributed by atoms with Gasteiger partial charge in [-0.15, -0.1) is 0 Å². The van der Waals surface area contributed by atoms with Gasteiger partial charge in [0.2, 0.25) is 0 Å². The molecule has 0 saturated heterocycles. The van der Waals surface area contributed by atoms with Gasteiger partial charge < -0.3 is 4.57 Å². The second-order valence-corrected chi connectivity index (χ2v) is 3.13. The Morgan fingerprint density at radius 1 is 1.55 bits per heavy atom. The van der Waals surface area contributed by atoms with Crippen molar-refractivity contribution in [2.45, 2.75) is 40.2 Å². The van der Waals surface area contributed by atoms with Gasteiger partial charge in [0, 0.05) is 11.7 Å². The van der Waals surface area contributed by atoms with Crippen molar-refractivity contribution in [1.29, 1.82) is 0 Å². The highest BCUT2D eigenvalue weighted by molar-refractivity contribution is 5.11. The number of imidazole rings is 1. The maximum absolute atomic E-state index is 4.27. The van der Waals surface area contributed by atoms with E-state index in [1.807, 2.05) is 6.33 Å². The van der Waals surface area contributed by atoms with Gasteiger partial charge in [-0.1, -0.05) is 6.92 Å².